The van der Waals surface area contributed by atoms with Crippen LogP contribution in [0.15, 0.2) is 12.1 Å². The number of halogens is 1. The summed E-state index contributed by atoms with van der Waals surface area (Å²) in [7, 11) is 0. The summed E-state index contributed by atoms with van der Waals surface area (Å²) in [6.45, 7) is 7.24. The molecule has 1 aromatic carbocycles. The Morgan fingerprint density at radius 1 is 1.25 bits per heavy atom. The van der Waals surface area contributed by atoms with Gasteiger partial charge in [0.15, 0.2) is 0 Å². The monoisotopic (exact) mass is 299 g/mol. The molecule has 1 rings (SSSR count). The Hall–Kier alpha value is -1.75. The van der Waals surface area contributed by atoms with Crippen molar-refractivity contribution in [2.45, 2.75) is 39.7 Å². The average Bonchev–Trinajstić information content (AvgIpc) is 2.29. The van der Waals surface area contributed by atoms with Gasteiger partial charge in [0.05, 0.1) is 16.7 Å². The highest BCUT2D eigenvalue weighted by Crippen LogP contribution is 2.31. The molecule has 0 radical (unpaired) electrons. The molecule has 5 nitrogen and oxygen atoms in total. The molecular formula is C14H18ClNO4. The molecule has 0 atom stereocenters. The first-order valence-electron chi connectivity index (χ1n) is 6.26. The third-order valence-electron chi connectivity index (χ3n) is 2.54. The molecule has 0 spiro atoms. The number of ether oxygens (including phenoxy) is 1. The van der Waals surface area contributed by atoms with E-state index in [2.05, 4.69) is 5.32 Å². The lowest BCUT2D eigenvalue weighted by atomic mass is 9.99. The number of amides is 1. The van der Waals surface area contributed by atoms with Crippen molar-refractivity contribution >= 4 is 29.4 Å². The number of carboxylic acids is 1. The topological polar surface area (TPSA) is 75.6 Å². The van der Waals surface area contributed by atoms with E-state index >= 15 is 0 Å². The van der Waals surface area contributed by atoms with E-state index in [-0.39, 0.29) is 22.6 Å². The summed E-state index contributed by atoms with van der Waals surface area (Å²) in [6, 6.07) is 2.97. The van der Waals surface area contributed by atoms with E-state index in [9.17, 15) is 9.59 Å². The predicted octanol–water partition coefficient (Wildman–Crippen LogP) is 4.12. The third-order valence-corrected chi connectivity index (χ3v) is 2.96. The SMILES string of the molecule is CC(C)OC(=O)Nc1cc(C(=O)O)c(Cl)c(C(C)C)c1. The van der Waals surface area contributed by atoms with Gasteiger partial charge in [0, 0.05) is 5.69 Å². The first-order chi connectivity index (χ1) is 9.22. The summed E-state index contributed by atoms with van der Waals surface area (Å²) < 4.78 is 4.95. The van der Waals surface area contributed by atoms with E-state index in [1.807, 2.05) is 13.8 Å². The zero-order valence-electron chi connectivity index (χ0n) is 11.9. The van der Waals surface area contributed by atoms with Crippen molar-refractivity contribution in [3.05, 3.63) is 28.3 Å². The largest absolute Gasteiger partial charge is 0.478 e. The quantitative estimate of drug-likeness (QED) is 0.877. The lowest BCUT2D eigenvalue weighted by Gasteiger charge is -2.15. The van der Waals surface area contributed by atoms with Crippen molar-refractivity contribution < 1.29 is 19.4 Å². The number of carbonyl (C=O) groups is 2. The number of hydrogen-bond acceptors (Lipinski definition) is 3. The number of nitrogens with one attached hydrogen (secondary N) is 1. The fourth-order valence-electron chi connectivity index (χ4n) is 1.66. The van der Waals surface area contributed by atoms with Crippen molar-refractivity contribution in [1.82, 2.24) is 0 Å². The number of aromatic carboxylic acids is 1. The number of rotatable bonds is 4. The second-order valence-corrected chi connectivity index (χ2v) is 5.34. The highest BCUT2D eigenvalue weighted by Gasteiger charge is 2.18. The molecule has 0 aliphatic heterocycles. The molecule has 0 aliphatic carbocycles. The van der Waals surface area contributed by atoms with E-state index in [0.29, 0.717) is 11.3 Å². The number of benzene rings is 1. The van der Waals surface area contributed by atoms with E-state index in [0.717, 1.165) is 0 Å². The molecule has 1 aromatic rings. The summed E-state index contributed by atoms with van der Waals surface area (Å²) in [5.74, 6) is -1.11. The van der Waals surface area contributed by atoms with Crippen LogP contribution in [0.5, 0.6) is 0 Å². The van der Waals surface area contributed by atoms with Gasteiger partial charge in [-0.25, -0.2) is 9.59 Å². The Bertz CT molecular complexity index is 526. The molecule has 0 aliphatic rings. The predicted molar refractivity (Wildman–Crippen MR) is 77.7 cm³/mol. The first-order valence-corrected chi connectivity index (χ1v) is 6.64. The highest BCUT2D eigenvalue weighted by molar-refractivity contribution is 6.34. The summed E-state index contributed by atoms with van der Waals surface area (Å²) >= 11 is 6.07. The Balaban J connectivity index is 3.14. The normalized spacial score (nSPS) is 10.8. The Morgan fingerprint density at radius 2 is 1.85 bits per heavy atom. The van der Waals surface area contributed by atoms with Crippen LogP contribution in [-0.4, -0.2) is 23.3 Å². The maximum atomic E-state index is 11.6. The van der Waals surface area contributed by atoms with Gasteiger partial charge in [-0.1, -0.05) is 25.4 Å². The van der Waals surface area contributed by atoms with Crippen LogP contribution in [0.25, 0.3) is 0 Å². The first kappa shape index (κ1) is 16.3. The molecule has 0 saturated heterocycles. The summed E-state index contributed by atoms with van der Waals surface area (Å²) in [4.78, 5) is 22.7. The van der Waals surface area contributed by atoms with Crippen LogP contribution in [0.4, 0.5) is 10.5 Å². The van der Waals surface area contributed by atoms with E-state index < -0.39 is 12.1 Å². The van der Waals surface area contributed by atoms with Gasteiger partial charge in [-0.3, -0.25) is 5.32 Å². The summed E-state index contributed by atoms with van der Waals surface area (Å²) in [6.07, 6.45) is -0.890. The number of carboxylic acid groups (broad SMARTS) is 1. The van der Waals surface area contributed by atoms with Crippen molar-refractivity contribution in [3.8, 4) is 0 Å². The molecule has 0 saturated carbocycles. The third kappa shape index (κ3) is 4.13. The van der Waals surface area contributed by atoms with Crippen LogP contribution in [0.1, 0.15) is 49.5 Å². The molecule has 2 N–H and O–H groups in total. The van der Waals surface area contributed by atoms with Crippen LogP contribution in [0.2, 0.25) is 5.02 Å². The molecule has 0 heterocycles. The van der Waals surface area contributed by atoms with Crippen molar-refractivity contribution in [3.63, 3.8) is 0 Å². The summed E-state index contributed by atoms with van der Waals surface area (Å²) in [5.41, 5.74) is 0.963. The zero-order valence-corrected chi connectivity index (χ0v) is 12.6. The van der Waals surface area contributed by atoms with Gasteiger partial charge < -0.3 is 9.84 Å². The van der Waals surface area contributed by atoms with Gasteiger partial charge in [-0.05, 0) is 37.5 Å². The molecular weight excluding hydrogens is 282 g/mol. The van der Waals surface area contributed by atoms with Crippen LogP contribution in [0.3, 0.4) is 0 Å². The van der Waals surface area contributed by atoms with E-state index in [1.165, 1.54) is 6.07 Å². The zero-order chi connectivity index (χ0) is 15.4. The van der Waals surface area contributed by atoms with Crippen LogP contribution in [-0.2, 0) is 4.74 Å². The maximum absolute atomic E-state index is 11.6. The van der Waals surface area contributed by atoms with Gasteiger partial charge in [0.25, 0.3) is 0 Å². The van der Waals surface area contributed by atoms with Gasteiger partial charge >= 0.3 is 12.1 Å². The van der Waals surface area contributed by atoms with Crippen molar-refractivity contribution in [1.29, 1.82) is 0 Å². The van der Waals surface area contributed by atoms with Gasteiger partial charge in [-0.15, -0.1) is 0 Å². The molecule has 1 amide bonds. The van der Waals surface area contributed by atoms with Crippen LogP contribution in [0, 0.1) is 0 Å². The van der Waals surface area contributed by atoms with Gasteiger partial charge in [0.1, 0.15) is 0 Å². The maximum Gasteiger partial charge on any atom is 0.411 e. The van der Waals surface area contributed by atoms with Gasteiger partial charge in [0.2, 0.25) is 0 Å². The molecule has 20 heavy (non-hydrogen) atoms. The van der Waals surface area contributed by atoms with Crippen molar-refractivity contribution in [2.24, 2.45) is 0 Å². The number of carbonyl (C=O) groups excluding carboxylic acids is 1. The minimum atomic E-state index is -1.14. The minimum absolute atomic E-state index is 0.0310. The smallest absolute Gasteiger partial charge is 0.411 e. The highest BCUT2D eigenvalue weighted by atomic mass is 35.5. The molecule has 0 bridgehead atoms. The number of hydrogen-bond donors (Lipinski definition) is 2. The molecule has 6 heteroatoms. The Kier molecular flexibility index (Phi) is 5.39. The lowest BCUT2D eigenvalue weighted by molar-refractivity contribution is 0.0696. The fourth-order valence-corrected chi connectivity index (χ4v) is 2.06. The lowest BCUT2D eigenvalue weighted by Crippen LogP contribution is -2.18. The molecule has 110 valence electrons. The Morgan fingerprint density at radius 3 is 2.30 bits per heavy atom. The second kappa shape index (κ2) is 6.61. The van der Waals surface area contributed by atoms with Crippen molar-refractivity contribution in [2.75, 3.05) is 5.32 Å². The summed E-state index contributed by atoms with van der Waals surface area (Å²) in [5, 5.41) is 11.8. The number of anilines is 1. The average molecular weight is 300 g/mol. The molecule has 0 unspecified atom stereocenters. The second-order valence-electron chi connectivity index (χ2n) is 4.97. The van der Waals surface area contributed by atoms with Crippen LogP contribution < -0.4 is 5.32 Å². The van der Waals surface area contributed by atoms with Gasteiger partial charge in [-0.2, -0.15) is 0 Å². The Labute approximate surface area is 122 Å². The standard InChI is InChI=1S/C14H18ClNO4/c1-7(2)10-5-9(16-14(19)20-8(3)4)6-11(12(10)15)13(17)18/h5-8H,1-4H3,(H,16,19)(H,17,18). The molecule has 0 fully saturated rings. The molecule has 0 aromatic heterocycles. The van der Waals surface area contributed by atoms with Crippen LogP contribution >= 0.6 is 11.6 Å². The van der Waals surface area contributed by atoms with E-state index in [1.54, 1.807) is 19.9 Å². The fraction of sp³-hybridized carbons (Fsp3) is 0.429. The minimum Gasteiger partial charge on any atom is -0.478 e. The van der Waals surface area contributed by atoms with E-state index in [4.69, 9.17) is 21.4 Å².